The number of likely N-dealkylation sites (N-methyl/N-ethyl adjacent to an activating group) is 1. The van der Waals surface area contributed by atoms with Crippen LogP contribution in [0.4, 0.5) is 27.6 Å². The molecule has 0 radical (unpaired) electrons. The molecule has 2 aromatic rings. The van der Waals surface area contributed by atoms with Crippen molar-refractivity contribution in [2.24, 2.45) is 0 Å². The predicted octanol–water partition coefficient (Wildman–Crippen LogP) is 4.34. The first-order chi connectivity index (χ1) is 14.1. The minimum atomic E-state index is -4.63. The van der Waals surface area contributed by atoms with Gasteiger partial charge in [-0.05, 0) is 36.8 Å². The van der Waals surface area contributed by atoms with E-state index in [1.54, 1.807) is 6.92 Å². The average molecular weight is 430 g/mol. The van der Waals surface area contributed by atoms with Crippen LogP contribution in [0.15, 0.2) is 48.5 Å². The molecule has 0 aromatic heterocycles. The van der Waals surface area contributed by atoms with Gasteiger partial charge in [0.25, 0.3) is 0 Å². The first kappa shape index (κ1) is 23.1. The summed E-state index contributed by atoms with van der Waals surface area (Å²) in [6.45, 7) is -1.63. The van der Waals surface area contributed by atoms with Crippen molar-refractivity contribution < 1.29 is 36.3 Å². The van der Waals surface area contributed by atoms with Gasteiger partial charge in [-0.15, -0.1) is 0 Å². The molecule has 2 amide bonds. The van der Waals surface area contributed by atoms with Gasteiger partial charge < -0.3 is 15.0 Å². The molecule has 10 heteroatoms. The molecule has 2 rings (SSSR count). The molecule has 0 aliphatic carbocycles. The van der Waals surface area contributed by atoms with Crippen molar-refractivity contribution in [3.8, 4) is 5.75 Å². The van der Waals surface area contributed by atoms with E-state index in [4.69, 9.17) is 0 Å². The third kappa shape index (κ3) is 6.71. The van der Waals surface area contributed by atoms with Crippen LogP contribution in [0.2, 0.25) is 0 Å². The van der Waals surface area contributed by atoms with Crippen LogP contribution in [0, 0.1) is 0 Å². The molecular formula is C20H19F5N2O3. The molecule has 0 atom stereocenters. The summed E-state index contributed by atoms with van der Waals surface area (Å²) in [5.41, 5.74) is -0.880. The van der Waals surface area contributed by atoms with Gasteiger partial charge in [0.05, 0.1) is 24.2 Å². The Morgan fingerprint density at radius 2 is 1.70 bits per heavy atom. The van der Waals surface area contributed by atoms with Crippen molar-refractivity contribution in [2.75, 3.05) is 18.4 Å². The summed E-state index contributed by atoms with van der Waals surface area (Å²) in [4.78, 5) is 25.8. The largest absolute Gasteiger partial charge is 0.435 e. The van der Waals surface area contributed by atoms with Gasteiger partial charge in [0.1, 0.15) is 5.75 Å². The zero-order valence-electron chi connectivity index (χ0n) is 15.9. The standard InChI is InChI=1S/C20H19F5N2O3/c1-2-27(18(29)11-13-7-9-14(10-8-13)30-19(21)22)12-17(28)26-16-6-4-3-5-15(16)20(23,24)25/h3-10,19H,2,11-12H2,1H3,(H,26,28). The Hall–Kier alpha value is -3.17. The molecule has 5 nitrogen and oxygen atoms in total. The topological polar surface area (TPSA) is 58.6 Å². The number of nitrogens with zero attached hydrogens (tertiary/aromatic N) is 1. The first-order valence-electron chi connectivity index (χ1n) is 8.87. The number of para-hydroxylation sites is 1. The highest BCUT2D eigenvalue weighted by Gasteiger charge is 2.33. The second-order valence-electron chi connectivity index (χ2n) is 6.20. The number of amides is 2. The maximum Gasteiger partial charge on any atom is 0.418 e. The number of alkyl halides is 5. The van der Waals surface area contributed by atoms with Gasteiger partial charge in [-0.2, -0.15) is 22.0 Å². The van der Waals surface area contributed by atoms with Crippen LogP contribution in [0.5, 0.6) is 5.75 Å². The second-order valence-corrected chi connectivity index (χ2v) is 6.20. The zero-order valence-corrected chi connectivity index (χ0v) is 15.9. The molecule has 0 saturated heterocycles. The van der Waals surface area contributed by atoms with Crippen molar-refractivity contribution in [3.63, 3.8) is 0 Å². The monoisotopic (exact) mass is 430 g/mol. The van der Waals surface area contributed by atoms with Gasteiger partial charge in [-0.1, -0.05) is 24.3 Å². The minimum absolute atomic E-state index is 0.0590. The van der Waals surface area contributed by atoms with E-state index in [1.807, 2.05) is 0 Å². The summed E-state index contributed by atoms with van der Waals surface area (Å²) in [6, 6.07) is 9.97. The van der Waals surface area contributed by atoms with E-state index in [2.05, 4.69) is 10.1 Å². The molecule has 0 bridgehead atoms. The van der Waals surface area contributed by atoms with E-state index >= 15 is 0 Å². The molecular weight excluding hydrogens is 411 g/mol. The van der Waals surface area contributed by atoms with Gasteiger partial charge in [-0.25, -0.2) is 0 Å². The number of rotatable bonds is 8. The van der Waals surface area contributed by atoms with Gasteiger partial charge in [0, 0.05) is 6.54 Å². The predicted molar refractivity (Wildman–Crippen MR) is 99.1 cm³/mol. The van der Waals surface area contributed by atoms with E-state index in [0.29, 0.717) is 5.56 Å². The Bertz CT molecular complexity index is 869. The maximum atomic E-state index is 13.0. The average Bonchev–Trinajstić information content (AvgIpc) is 2.66. The Balaban J connectivity index is 1.99. The fourth-order valence-corrected chi connectivity index (χ4v) is 2.65. The third-order valence-corrected chi connectivity index (χ3v) is 4.08. The van der Waals surface area contributed by atoms with Crippen LogP contribution in [-0.4, -0.2) is 36.4 Å². The summed E-state index contributed by atoms with van der Waals surface area (Å²) in [5.74, 6) is -1.28. The van der Waals surface area contributed by atoms with Crippen LogP contribution in [0.25, 0.3) is 0 Å². The summed E-state index contributed by atoms with van der Waals surface area (Å²) in [5, 5.41) is 2.19. The highest BCUT2D eigenvalue weighted by molar-refractivity contribution is 5.95. The highest BCUT2D eigenvalue weighted by atomic mass is 19.4. The van der Waals surface area contributed by atoms with Gasteiger partial charge >= 0.3 is 12.8 Å². The first-order valence-corrected chi connectivity index (χ1v) is 8.87. The van der Waals surface area contributed by atoms with Crippen molar-refractivity contribution in [1.82, 2.24) is 4.90 Å². The normalized spacial score (nSPS) is 11.3. The number of carbonyl (C=O) groups excluding carboxylic acids is 2. The SMILES string of the molecule is CCN(CC(=O)Nc1ccccc1C(F)(F)F)C(=O)Cc1ccc(OC(F)F)cc1. The smallest absolute Gasteiger partial charge is 0.418 e. The third-order valence-electron chi connectivity index (χ3n) is 4.08. The zero-order chi connectivity index (χ0) is 22.3. The lowest BCUT2D eigenvalue weighted by molar-refractivity contribution is -0.137. The molecule has 0 saturated carbocycles. The molecule has 1 N–H and O–H groups in total. The number of hydrogen-bond acceptors (Lipinski definition) is 3. The van der Waals surface area contributed by atoms with Gasteiger partial charge in [-0.3, -0.25) is 9.59 Å². The molecule has 0 aliphatic heterocycles. The maximum absolute atomic E-state index is 13.0. The van der Waals surface area contributed by atoms with Crippen molar-refractivity contribution in [2.45, 2.75) is 26.1 Å². The number of hydrogen-bond donors (Lipinski definition) is 1. The lowest BCUT2D eigenvalue weighted by atomic mass is 10.1. The van der Waals surface area contributed by atoms with Gasteiger partial charge in [0.15, 0.2) is 0 Å². The number of anilines is 1. The number of carbonyl (C=O) groups is 2. The van der Waals surface area contributed by atoms with E-state index < -0.39 is 42.4 Å². The van der Waals surface area contributed by atoms with E-state index in [1.165, 1.54) is 41.3 Å². The molecule has 0 aliphatic rings. The van der Waals surface area contributed by atoms with Gasteiger partial charge in [0.2, 0.25) is 11.8 Å². The Labute approximate surface area is 169 Å². The lowest BCUT2D eigenvalue weighted by Crippen LogP contribution is -2.38. The number of nitrogens with one attached hydrogen (secondary N) is 1. The quantitative estimate of drug-likeness (QED) is 0.634. The second kappa shape index (κ2) is 10.0. The van der Waals surface area contributed by atoms with E-state index in [-0.39, 0.29) is 18.7 Å². The number of ether oxygens (including phenoxy) is 1. The van der Waals surface area contributed by atoms with Crippen LogP contribution in [0.3, 0.4) is 0 Å². The molecule has 2 aromatic carbocycles. The van der Waals surface area contributed by atoms with Crippen molar-refractivity contribution in [1.29, 1.82) is 0 Å². The molecule has 0 unspecified atom stereocenters. The Kier molecular flexibility index (Phi) is 7.73. The van der Waals surface area contributed by atoms with Crippen molar-refractivity contribution >= 4 is 17.5 Å². The summed E-state index contributed by atoms with van der Waals surface area (Å²) in [6.07, 6.45) is -4.75. The van der Waals surface area contributed by atoms with E-state index in [9.17, 15) is 31.5 Å². The van der Waals surface area contributed by atoms with Crippen LogP contribution in [0.1, 0.15) is 18.1 Å². The number of benzene rings is 2. The molecule has 162 valence electrons. The minimum Gasteiger partial charge on any atom is -0.435 e. The van der Waals surface area contributed by atoms with Crippen LogP contribution < -0.4 is 10.1 Å². The Morgan fingerprint density at radius 3 is 2.27 bits per heavy atom. The van der Waals surface area contributed by atoms with E-state index in [0.717, 1.165) is 12.1 Å². The summed E-state index contributed by atoms with van der Waals surface area (Å²) in [7, 11) is 0. The number of halogens is 5. The van der Waals surface area contributed by atoms with Crippen molar-refractivity contribution in [3.05, 3.63) is 59.7 Å². The van der Waals surface area contributed by atoms with Crippen LogP contribution >= 0.6 is 0 Å². The molecule has 30 heavy (non-hydrogen) atoms. The lowest BCUT2D eigenvalue weighted by Gasteiger charge is -2.21. The van der Waals surface area contributed by atoms with Crippen LogP contribution in [-0.2, 0) is 22.2 Å². The molecule has 0 spiro atoms. The fourth-order valence-electron chi connectivity index (χ4n) is 2.65. The molecule has 0 fully saturated rings. The Morgan fingerprint density at radius 1 is 1.07 bits per heavy atom. The summed E-state index contributed by atoms with van der Waals surface area (Å²) < 4.78 is 67.6. The summed E-state index contributed by atoms with van der Waals surface area (Å²) >= 11 is 0. The fraction of sp³-hybridized carbons (Fsp3) is 0.300. The molecule has 0 heterocycles. The highest BCUT2D eigenvalue weighted by Crippen LogP contribution is 2.34.